The van der Waals surface area contributed by atoms with Crippen LogP contribution in [-0.2, 0) is 9.84 Å². The predicted molar refractivity (Wildman–Crippen MR) is 127 cm³/mol. The van der Waals surface area contributed by atoms with Crippen molar-refractivity contribution in [3.8, 4) is 11.3 Å². The number of fused-ring (bicyclic) bond motifs is 1. The summed E-state index contributed by atoms with van der Waals surface area (Å²) in [5.74, 6) is 0.908. The monoisotopic (exact) mass is 458 g/mol. The first-order valence-corrected chi connectivity index (χ1v) is 12.7. The summed E-state index contributed by atoms with van der Waals surface area (Å²) in [5, 5.41) is 6.57. The average molecular weight is 459 g/mol. The van der Waals surface area contributed by atoms with Gasteiger partial charge in [-0.2, -0.15) is 4.98 Å². The van der Waals surface area contributed by atoms with Crippen LogP contribution in [0.1, 0.15) is 32.1 Å². The minimum atomic E-state index is -3.35. The van der Waals surface area contributed by atoms with Gasteiger partial charge in [0.25, 0.3) is 5.56 Å². The fourth-order valence-corrected chi connectivity index (χ4v) is 5.08. The van der Waals surface area contributed by atoms with Crippen molar-refractivity contribution in [3.05, 3.63) is 40.8 Å². The lowest BCUT2D eigenvalue weighted by Gasteiger charge is -2.43. The molecule has 1 aliphatic carbocycles. The third kappa shape index (κ3) is 4.51. The number of nitrogens with zero attached hydrogens (tertiary/aromatic N) is 2. The summed E-state index contributed by atoms with van der Waals surface area (Å²) in [5.41, 5.74) is 1.34. The van der Waals surface area contributed by atoms with E-state index in [9.17, 15) is 13.2 Å². The fraction of sp³-hybridized carbons (Fsp3) is 0.455. The fourth-order valence-electron chi connectivity index (χ4n) is 4.42. The summed E-state index contributed by atoms with van der Waals surface area (Å²) < 4.78 is 23.8. The van der Waals surface area contributed by atoms with Crippen molar-refractivity contribution < 1.29 is 8.42 Å². The van der Waals surface area contributed by atoms with Gasteiger partial charge in [0.05, 0.1) is 10.6 Å². The summed E-state index contributed by atoms with van der Waals surface area (Å²) in [6.07, 6.45) is 8.69. The molecule has 1 aromatic carbocycles. The number of likely N-dealkylation sites (N-methyl/N-ethyl adjacent to an activating group) is 1. The molecule has 1 aromatic rings. The maximum absolute atomic E-state index is 12.4. The second kappa shape index (κ2) is 8.59. The summed E-state index contributed by atoms with van der Waals surface area (Å²) in [4.78, 5) is 25.4. The van der Waals surface area contributed by atoms with Gasteiger partial charge in [0, 0.05) is 30.2 Å². The average Bonchev–Trinajstić information content (AvgIpc) is 3.13. The Kier molecular flexibility index (Phi) is 6.00. The number of nitrogens with one attached hydrogen (secondary N) is 4. The second-order valence-corrected chi connectivity index (χ2v) is 10.8. The van der Waals surface area contributed by atoms with E-state index in [-0.39, 0.29) is 16.0 Å². The van der Waals surface area contributed by atoms with E-state index in [0.717, 1.165) is 25.6 Å². The van der Waals surface area contributed by atoms with Gasteiger partial charge in [-0.3, -0.25) is 4.79 Å². The Balaban J connectivity index is 1.65. The number of H-pyrrole nitrogens is 2. The van der Waals surface area contributed by atoms with E-state index in [0.29, 0.717) is 28.7 Å². The van der Waals surface area contributed by atoms with Crippen LogP contribution < -0.4 is 16.2 Å². The minimum Gasteiger partial charge on any atom is -0.354 e. The molecule has 172 valence electrons. The van der Waals surface area contributed by atoms with Crippen LogP contribution >= 0.6 is 0 Å². The van der Waals surface area contributed by atoms with Crippen molar-refractivity contribution in [2.45, 2.75) is 42.5 Å². The molecule has 0 bridgehead atoms. The zero-order chi connectivity index (χ0) is 22.9. The van der Waals surface area contributed by atoms with Crippen LogP contribution in [0.4, 0.5) is 17.5 Å². The lowest BCUT2D eigenvalue weighted by Crippen LogP contribution is -2.51. The van der Waals surface area contributed by atoms with Crippen molar-refractivity contribution in [2.75, 3.05) is 37.5 Å². The van der Waals surface area contributed by atoms with Crippen molar-refractivity contribution >= 4 is 27.3 Å². The highest BCUT2D eigenvalue weighted by Gasteiger charge is 2.34. The number of hydrogen-bond acceptors (Lipinski definition) is 7. The molecule has 10 heteroatoms. The SMILES string of the molecule is CN(C)C1(CNc2nc(Nc3cccc(S(C)(=O)=O)c3)c3c(=O)[nH]cc-3[nH]2)CCCCC1. The van der Waals surface area contributed by atoms with E-state index in [1.807, 2.05) is 0 Å². The first-order valence-electron chi connectivity index (χ1n) is 10.8. The Bertz CT molecular complexity index is 1220. The molecule has 0 aromatic heterocycles. The lowest BCUT2D eigenvalue weighted by molar-refractivity contribution is 0.113. The maximum Gasteiger partial charge on any atom is 0.261 e. The molecule has 4 N–H and O–H groups in total. The Morgan fingerprint density at radius 1 is 1.19 bits per heavy atom. The molecule has 1 fully saturated rings. The number of benzene rings is 1. The van der Waals surface area contributed by atoms with Gasteiger partial charge in [0.1, 0.15) is 11.4 Å². The molecular formula is C22H30N6O3S. The molecule has 9 nitrogen and oxygen atoms in total. The Labute approximate surface area is 187 Å². The zero-order valence-corrected chi connectivity index (χ0v) is 19.5. The minimum absolute atomic E-state index is 0.0575. The van der Waals surface area contributed by atoms with E-state index < -0.39 is 9.84 Å². The largest absolute Gasteiger partial charge is 0.354 e. The quantitative estimate of drug-likeness (QED) is 0.429. The molecule has 4 rings (SSSR count). The zero-order valence-electron chi connectivity index (χ0n) is 18.7. The lowest BCUT2D eigenvalue weighted by atomic mass is 9.80. The van der Waals surface area contributed by atoms with Crippen molar-refractivity contribution in [1.82, 2.24) is 19.9 Å². The molecule has 0 spiro atoms. The van der Waals surface area contributed by atoms with Gasteiger partial charge < -0.3 is 25.5 Å². The van der Waals surface area contributed by atoms with Crippen molar-refractivity contribution in [1.29, 1.82) is 0 Å². The number of sulfone groups is 1. The van der Waals surface area contributed by atoms with E-state index in [2.05, 4.69) is 44.6 Å². The van der Waals surface area contributed by atoms with E-state index >= 15 is 0 Å². The Hall–Kier alpha value is -2.85. The van der Waals surface area contributed by atoms with E-state index in [4.69, 9.17) is 0 Å². The van der Waals surface area contributed by atoms with Gasteiger partial charge in [-0.1, -0.05) is 25.3 Å². The van der Waals surface area contributed by atoms with Crippen LogP contribution in [0.5, 0.6) is 0 Å². The molecule has 0 radical (unpaired) electrons. The number of aromatic nitrogens is 3. The van der Waals surface area contributed by atoms with Crippen LogP contribution in [0.2, 0.25) is 0 Å². The summed E-state index contributed by atoms with van der Waals surface area (Å²) in [6, 6.07) is 6.47. The molecule has 1 saturated carbocycles. The van der Waals surface area contributed by atoms with Gasteiger partial charge in [0.2, 0.25) is 5.95 Å². The third-order valence-corrected chi connectivity index (χ3v) is 7.51. The van der Waals surface area contributed by atoms with Crippen LogP contribution in [0.3, 0.4) is 0 Å². The van der Waals surface area contributed by atoms with E-state index in [1.54, 1.807) is 18.3 Å². The molecular weight excluding hydrogens is 428 g/mol. The Morgan fingerprint density at radius 2 is 1.94 bits per heavy atom. The smallest absolute Gasteiger partial charge is 0.261 e. The van der Waals surface area contributed by atoms with Gasteiger partial charge in [-0.05, 0) is 45.1 Å². The molecule has 2 aliphatic heterocycles. The van der Waals surface area contributed by atoms with Crippen LogP contribution in [0.15, 0.2) is 40.2 Å². The number of rotatable bonds is 7. The van der Waals surface area contributed by atoms with Gasteiger partial charge in [0.15, 0.2) is 9.84 Å². The summed E-state index contributed by atoms with van der Waals surface area (Å²) in [7, 11) is 0.879. The highest BCUT2D eigenvalue weighted by atomic mass is 32.2. The number of anilines is 3. The maximum atomic E-state index is 12.4. The molecule has 0 amide bonds. The number of aromatic amines is 2. The van der Waals surface area contributed by atoms with Gasteiger partial charge >= 0.3 is 0 Å². The van der Waals surface area contributed by atoms with Gasteiger partial charge in [-0.25, -0.2) is 8.42 Å². The molecule has 2 heterocycles. The normalized spacial score (nSPS) is 16.4. The molecule has 0 saturated heterocycles. The molecule has 32 heavy (non-hydrogen) atoms. The van der Waals surface area contributed by atoms with Crippen molar-refractivity contribution in [3.63, 3.8) is 0 Å². The third-order valence-electron chi connectivity index (χ3n) is 6.40. The summed E-state index contributed by atoms with van der Waals surface area (Å²) in [6.45, 7) is 0.729. The number of hydrogen-bond donors (Lipinski definition) is 4. The van der Waals surface area contributed by atoms with Crippen LogP contribution in [-0.4, -0.2) is 60.7 Å². The highest BCUT2D eigenvalue weighted by molar-refractivity contribution is 7.90. The molecule has 0 unspecified atom stereocenters. The predicted octanol–water partition coefficient (Wildman–Crippen LogP) is 3.03. The molecule has 0 atom stereocenters. The van der Waals surface area contributed by atoms with E-state index in [1.165, 1.54) is 31.4 Å². The molecule has 3 aliphatic rings. The first-order chi connectivity index (χ1) is 15.2. The van der Waals surface area contributed by atoms with Crippen LogP contribution in [0.25, 0.3) is 11.3 Å². The standard InChI is InChI=1S/C22H30N6O3S/c1-28(2)22(10-5-4-6-11-22)14-24-21-26-17-13-23-20(29)18(17)19(27-21)25-15-8-7-9-16(12-15)32(3,30)31/h7-9,12-13,25H,4-6,10-11,14H2,1-3H3,(H,23,29)(H2,24,26,27). The second-order valence-electron chi connectivity index (χ2n) is 8.80. The van der Waals surface area contributed by atoms with Crippen molar-refractivity contribution in [2.24, 2.45) is 0 Å². The Morgan fingerprint density at radius 3 is 2.62 bits per heavy atom. The highest BCUT2D eigenvalue weighted by Crippen LogP contribution is 2.33. The summed E-state index contributed by atoms with van der Waals surface area (Å²) >= 11 is 0. The topological polar surface area (TPSA) is 123 Å². The van der Waals surface area contributed by atoms with Crippen LogP contribution in [0, 0.1) is 0 Å². The van der Waals surface area contributed by atoms with Gasteiger partial charge in [-0.15, -0.1) is 0 Å². The first kappa shape index (κ1) is 22.3.